The van der Waals surface area contributed by atoms with Crippen LogP contribution in [0.2, 0.25) is 0 Å². The molecule has 1 aromatic heterocycles. The van der Waals surface area contributed by atoms with Gasteiger partial charge in [-0.05, 0) is 98.0 Å². The van der Waals surface area contributed by atoms with Crippen molar-refractivity contribution in [1.82, 2.24) is 20.2 Å². The van der Waals surface area contributed by atoms with Gasteiger partial charge in [-0.1, -0.05) is 46.3 Å². The Kier molecular flexibility index (Phi) is 5.74. The first kappa shape index (κ1) is 27.8. The molecule has 5 fully saturated rings. The SMILES string of the molecule is Cc1nnnn1C1CC23C4=CCC56C=C7OC(C(C)C(C)C)(CCC5(C)C4CCC2C(C)(COC3C)C1OCCN)C76. The van der Waals surface area contributed by atoms with E-state index in [9.17, 15) is 0 Å². The van der Waals surface area contributed by atoms with Gasteiger partial charge in [0.25, 0.3) is 0 Å². The standard InChI is InChI=1S/C34H51N5O3/c1-19(2)20(3)34-13-12-31(7)23-8-9-27-30(6)18-41-21(4)33(27,24(23)10-11-32(31)17-26(42-34)28(32)34)16-25(29(30)40-15-14-35)39-22(5)36-37-38-39/h10,17,19-21,23,25,27-29H,8-9,11-16,18,35H2,1-7H3. The monoisotopic (exact) mass is 577 g/mol. The van der Waals surface area contributed by atoms with Crippen molar-refractivity contribution in [3.8, 4) is 0 Å². The summed E-state index contributed by atoms with van der Waals surface area (Å²) in [4.78, 5) is 0. The number of tetrazole rings is 1. The van der Waals surface area contributed by atoms with Crippen molar-refractivity contribution in [2.75, 3.05) is 19.8 Å². The molecule has 12 unspecified atom stereocenters. The van der Waals surface area contributed by atoms with E-state index < -0.39 is 0 Å². The van der Waals surface area contributed by atoms with Gasteiger partial charge in [-0.25, -0.2) is 4.68 Å². The highest BCUT2D eigenvalue weighted by Gasteiger charge is 2.79. The zero-order valence-corrected chi connectivity index (χ0v) is 26.7. The third-order valence-electron chi connectivity index (χ3n) is 14.7. The quantitative estimate of drug-likeness (QED) is 0.452. The summed E-state index contributed by atoms with van der Waals surface area (Å²) in [7, 11) is 0. The molecule has 8 heteroatoms. The van der Waals surface area contributed by atoms with Crippen LogP contribution in [0.5, 0.6) is 0 Å². The van der Waals surface area contributed by atoms with E-state index in [2.05, 4.69) is 73.9 Å². The van der Waals surface area contributed by atoms with E-state index >= 15 is 0 Å². The molecule has 8 rings (SSSR count). The molecule has 1 aromatic rings. The Morgan fingerprint density at radius 1 is 1.19 bits per heavy atom. The Balaban J connectivity index is 1.24. The Morgan fingerprint density at radius 3 is 2.69 bits per heavy atom. The molecule has 2 aliphatic heterocycles. The molecule has 8 nitrogen and oxygen atoms in total. The van der Waals surface area contributed by atoms with Crippen molar-refractivity contribution in [1.29, 1.82) is 0 Å². The zero-order valence-electron chi connectivity index (χ0n) is 26.7. The van der Waals surface area contributed by atoms with Crippen LogP contribution >= 0.6 is 0 Å². The molecule has 0 amide bonds. The number of aryl methyl sites for hydroxylation is 1. The summed E-state index contributed by atoms with van der Waals surface area (Å²) in [5, 5.41) is 12.9. The number of nitrogens with zero attached hydrogens (tertiary/aromatic N) is 4. The summed E-state index contributed by atoms with van der Waals surface area (Å²) in [6.07, 6.45) is 12.3. The highest BCUT2D eigenvalue weighted by Crippen LogP contribution is 2.81. The van der Waals surface area contributed by atoms with Crippen molar-refractivity contribution in [3.05, 3.63) is 29.3 Å². The third-order valence-corrected chi connectivity index (χ3v) is 14.7. The number of allylic oxidation sites excluding steroid dienone is 2. The average molecular weight is 578 g/mol. The molecule has 1 spiro atoms. The maximum absolute atomic E-state index is 6.85. The van der Waals surface area contributed by atoms with Crippen LogP contribution in [0.15, 0.2) is 23.5 Å². The highest BCUT2D eigenvalue weighted by atomic mass is 16.5. The molecule has 0 aromatic carbocycles. The van der Waals surface area contributed by atoms with Crippen molar-refractivity contribution < 1.29 is 14.2 Å². The normalized spacial score (nSPS) is 50.5. The van der Waals surface area contributed by atoms with Crippen LogP contribution in [-0.4, -0.2) is 57.8 Å². The topological polar surface area (TPSA) is 97.3 Å². The summed E-state index contributed by atoms with van der Waals surface area (Å²) in [6, 6.07) is 0.0450. The molecule has 3 saturated carbocycles. The number of nitrogens with two attached hydrogens (primary N) is 1. The Labute approximate surface area is 251 Å². The number of hydrogen-bond donors (Lipinski definition) is 1. The Hall–Kier alpha value is -1.77. The minimum Gasteiger partial charge on any atom is -0.490 e. The van der Waals surface area contributed by atoms with Crippen molar-refractivity contribution >= 4 is 0 Å². The molecule has 0 radical (unpaired) electrons. The molecule has 230 valence electrons. The van der Waals surface area contributed by atoms with Crippen molar-refractivity contribution in [3.63, 3.8) is 0 Å². The largest absolute Gasteiger partial charge is 0.490 e. The van der Waals surface area contributed by atoms with Crippen molar-refractivity contribution in [2.45, 2.75) is 111 Å². The van der Waals surface area contributed by atoms with Gasteiger partial charge in [-0.3, -0.25) is 0 Å². The van der Waals surface area contributed by atoms with Crippen LogP contribution in [0.1, 0.15) is 91.9 Å². The predicted molar refractivity (Wildman–Crippen MR) is 159 cm³/mol. The van der Waals surface area contributed by atoms with Gasteiger partial charge in [-0.15, -0.1) is 5.10 Å². The maximum atomic E-state index is 6.85. The predicted octanol–water partition coefficient (Wildman–Crippen LogP) is 5.40. The lowest BCUT2D eigenvalue weighted by molar-refractivity contribution is -0.309. The lowest BCUT2D eigenvalue weighted by Crippen LogP contribution is -2.76. The van der Waals surface area contributed by atoms with Gasteiger partial charge in [0.1, 0.15) is 17.2 Å². The first-order valence-corrected chi connectivity index (χ1v) is 16.8. The van der Waals surface area contributed by atoms with Crippen LogP contribution in [0.4, 0.5) is 0 Å². The smallest absolute Gasteiger partial charge is 0.148 e. The van der Waals surface area contributed by atoms with E-state index in [-0.39, 0.29) is 45.5 Å². The van der Waals surface area contributed by atoms with Gasteiger partial charge >= 0.3 is 0 Å². The lowest BCUT2D eigenvalue weighted by Gasteiger charge is -2.78. The highest BCUT2D eigenvalue weighted by molar-refractivity contribution is 5.47. The first-order chi connectivity index (χ1) is 20.0. The molecule has 2 bridgehead atoms. The van der Waals surface area contributed by atoms with E-state index in [1.807, 2.05) is 6.92 Å². The summed E-state index contributed by atoms with van der Waals surface area (Å²) in [5.41, 5.74) is 7.94. The van der Waals surface area contributed by atoms with E-state index in [0.29, 0.717) is 49.3 Å². The number of hydrogen-bond acceptors (Lipinski definition) is 7. The molecule has 12 atom stereocenters. The van der Waals surface area contributed by atoms with Crippen LogP contribution < -0.4 is 5.73 Å². The van der Waals surface area contributed by atoms with Crippen molar-refractivity contribution in [2.24, 2.45) is 57.0 Å². The second kappa shape index (κ2) is 8.69. The maximum Gasteiger partial charge on any atom is 0.148 e. The second-order valence-corrected chi connectivity index (χ2v) is 16.1. The fourth-order valence-electron chi connectivity index (χ4n) is 12.4. The molecule has 3 heterocycles. The molecule has 42 heavy (non-hydrogen) atoms. The number of fused-ring (bicyclic) bond motifs is 2. The molecule has 2 N–H and O–H groups in total. The van der Waals surface area contributed by atoms with Gasteiger partial charge in [0, 0.05) is 22.8 Å². The minimum absolute atomic E-state index is 0.0273. The van der Waals surface area contributed by atoms with Gasteiger partial charge in [0.05, 0.1) is 37.4 Å². The fraction of sp³-hybridized carbons (Fsp3) is 0.853. The van der Waals surface area contributed by atoms with Crippen LogP contribution in [0.25, 0.3) is 0 Å². The Morgan fingerprint density at radius 2 is 2.00 bits per heavy atom. The summed E-state index contributed by atoms with van der Waals surface area (Å²) >= 11 is 0. The second-order valence-electron chi connectivity index (χ2n) is 16.1. The van der Waals surface area contributed by atoms with Gasteiger partial charge < -0.3 is 19.9 Å². The van der Waals surface area contributed by atoms with Gasteiger partial charge in [0.15, 0.2) is 0 Å². The molecule has 5 aliphatic carbocycles. The van der Waals surface area contributed by atoms with Gasteiger partial charge in [-0.2, -0.15) is 0 Å². The first-order valence-electron chi connectivity index (χ1n) is 16.8. The molecule has 2 saturated heterocycles. The lowest BCUT2D eigenvalue weighted by atomic mass is 9.31. The number of ether oxygens (including phenoxy) is 3. The summed E-state index contributed by atoms with van der Waals surface area (Å²) in [5.74, 6) is 4.97. The van der Waals surface area contributed by atoms with Crippen LogP contribution in [-0.2, 0) is 14.2 Å². The van der Waals surface area contributed by atoms with Gasteiger partial charge in [0.2, 0.25) is 0 Å². The minimum atomic E-state index is -0.148. The molecule has 7 aliphatic rings. The summed E-state index contributed by atoms with van der Waals surface area (Å²) < 4.78 is 22.3. The summed E-state index contributed by atoms with van der Waals surface area (Å²) in [6.45, 7) is 18.4. The van der Waals surface area contributed by atoms with E-state index in [1.54, 1.807) is 5.57 Å². The van der Waals surface area contributed by atoms with E-state index in [0.717, 1.165) is 18.7 Å². The molecular formula is C34H51N5O3. The van der Waals surface area contributed by atoms with Crippen LogP contribution in [0.3, 0.4) is 0 Å². The number of rotatable bonds is 6. The zero-order chi connectivity index (χ0) is 29.4. The fourth-order valence-corrected chi connectivity index (χ4v) is 12.4. The third kappa shape index (κ3) is 2.94. The molecular weight excluding hydrogens is 526 g/mol. The van der Waals surface area contributed by atoms with E-state index in [1.165, 1.54) is 31.4 Å². The Bertz CT molecular complexity index is 1360. The van der Waals surface area contributed by atoms with Crippen LogP contribution in [0, 0.1) is 58.2 Å². The van der Waals surface area contributed by atoms with E-state index in [4.69, 9.17) is 19.9 Å². The number of aromatic nitrogens is 4. The average Bonchev–Trinajstić information content (AvgIpc) is 3.37.